The first-order valence-corrected chi connectivity index (χ1v) is 4.51. The van der Waals surface area contributed by atoms with E-state index in [0.29, 0.717) is 5.11 Å². The van der Waals surface area contributed by atoms with Gasteiger partial charge in [-0.1, -0.05) is 0 Å². The smallest absolute Gasteiger partial charge is 0.198 e. The number of aliphatic imine (C=N–C) groups is 1. The molecule has 1 aromatic rings. The molecule has 0 amide bonds. The van der Waals surface area contributed by atoms with E-state index in [1.54, 1.807) is 18.7 Å². The zero-order valence-electron chi connectivity index (χ0n) is 8.14. The normalized spacial score (nSPS) is 10.1. The minimum absolute atomic E-state index is 0.423. The molecule has 74 valence electrons. The molecule has 0 aliphatic carbocycles. The summed E-state index contributed by atoms with van der Waals surface area (Å²) >= 11 is 4.99. The number of pyridine rings is 1. The number of nitrogens with one attached hydrogen (secondary N) is 1. The number of rotatable bonds is 2. The predicted octanol–water partition coefficient (Wildman–Crippen LogP) is 1.37. The first-order valence-electron chi connectivity index (χ1n) is 4.10. The molecule has 0 aromatic carbocycles. The molecule has 0 spiro atoms. The Bertz CT molecular complexity index is 321. The Morgan fingerprint density at radius 2 is 2.43 bits per heavy atom. The second kappa shape index (κ2) is 5.29. The molecule has 1 aromatic heterocycles. The molecule has 14 heavy (non-hydrogen) atoms. The van der Waals surface area contributed by atoms with Gasteiger partial charge in [-0.15, -0.1) is 0 Å². The summed E-state index contributed by atoms with van der Waals surface area (Å²) in [7, 11) is 3.77. The second-order valence-corrected chi connectivity index (χ2v) is 3.27. The van der Waals surface area contributed by atoms with Gasteiger partial charge < -0.3 is 10.2 Å². The number of hydrogen-bond donors (Lipinski definition) is 1. The maximum Gasteiger partial charge on any atom is 0.198 e. The van der Waals surface area contributed by atoms with Gasteiger partial charge in [-0.2, -0.15) is 0 Å². The molecule has 4 nitrogen and oxygen atoms in total. The molecular formula is C9H12N4S. The van der Waals surface area contributed by atoms with Gasteiger partial charge in [0.15, 0.2) is 5.11 Å². The Morgan fingerprint density at radius 3 is 3.00 bits per heavy atom. The van der Waals surface area contributed by atoms with Crippen molar-refractivity contribution in [2.75, 3.05) is 19.4 Å². The van der Waals surface area contributed by atoms with E-state index in [-0.39, 0.29) is 0 Å². The summed E-state index contributed by atoms with van der Waals surface area (Å²) in [5.74, 6) is 0. The summed E-state index contributed by atoms with van der Waals surface area (Å²) in [6.07, 6.45) is 5.04. The topological polar surface area (TPSA) is 40.5 Å². The van der Waals surface area contributed by atoms with Crippen LogP contribution in [0.1, 0.15) is 0 Å². The van der Waals surface area contributed by atoms with Crippen molar-refractivity contribution in [3.05, 3.63) is 24.5 Å². The molecule has 0 saturated carbocycles. The lowest BCUT2D eigenvalue weighted by Gasteiger charge is -2.04. The summed E-state index contributed by atoms with van der Waals surface area (Å²) in [4.78, 5) is 9.78. The van der Waals surface area contributed by atoms with Gasteiger partial charge in [0, 0.05) is 20.3 Å². The van der Waals surface area contributed by atoms with Gasteiger partial charge in [-0.25, -0.2) is 4.99 Å². The molecule has 0 saturated heterocycles. The minimum Gasteiger partial charge on any atom is -0.369 e. The maximum atomic E-state index is 4.99. The van der Waals surface area contributed by atoms with Crippen molar-refractivity contribution in [3.8, 4) is 0 Å². The van der Waals surface area contributed by atoms with Crippen LogP contribution in [0.4, 0.5) is 5.69 Å². The van der Waals surface area contributed by atoms with E-state index in [9.17, 15) is 0 Å². The van der Waals surface area contributed by atoms with Gasteiger partial charge in [-0.05, 0) is 24.4 Å². The lowest BCUT2D eigenvalue weighted by molar-refractivity contribution is 0.644. The first kappa shape index (κ1) is 10.6. The highest BCUT2D eigenvalue weighted by molar-refractivity contribution is 7.80. The zero-order valence-corrected chi connectivity index (χ0v) is 8.95. The molecule has 1 rings (SSSR count). The fourth-order valence-corrected chi connectivity index (χ4v) is 0.925. The van der Waals surface area contributed by atoms with Crippen molar-refractivity contribution in [1.29, 1.82) is 0 Å². The molecule has 0 aliphatic rings. The Hall–Kier alpha value is -1.49. The number of thiocarbonyl (C=S) groups is 1. The van der Waals surface area contributed by atoms with Crippen molar-refractivity contribution >= 4 is 29.4 Å². The van der Waals surface area contributed by atoms with E-state index in [1.165, 1.54) is 0 Å². The van der Waals surface area contributed by atoms with Crippen molar-refractivity contribution in [3.63, 3.8) is 0 Å². The largest absolute Gasteiger partial charge is 0.369 e. The third kappa shape index (κ3) is 3.95. The van der Waals surface area contributed by atoms with E-state index < -0.39 is 0 Å². The molecule has 0 fully saturated rings. The quantitative estimate of drug-likeness (QED) is 0.453. The highest BCUT2D eigenvalue weighted by Crippen LogP contribution is 2.02. The van der Waals surface area contributed by atoms with Gasteiger partial charge in [-0.3, -0.25) is 4.98 Å². The van der Waals surface area contributed by atoms with Crippen LogP contribution in [0, 0.1) is 0 Å². The van der Waals surface area contributed by atoms with Crippen LogP contribution in [-0.2, 0) is 0 Å². The first-order chi connectivity index (χ1) is 6.68. The number of nitrogens with zero attached hydrogens (tertiary/aromatic N) is 3. The number of hydrogen-bond acceptors (Lipinski definition) is 2. The number of anilines is 1. The van der Waals surface area contributed by atoms with Crippen LogP contribution in [0.2, 0.25) is 0 Å². The van der Waals surface area contributed by atoms with Crippen molar-refractivity contribution in [1.82, 2.24) is 9.88 Å². The molecule has 0 atom stereocenters. The molecular weight excluding hydrogens is 196 g/mol. The lowest BCUT2D eigenvalue weighted by Crippen LogP contribution is -2.12. The van der Waals surface area contributed by atoms with Crippen LogP contribution in [-0.4, -0.2) is 35.4 Å². The van der Waals surface area contributed by atoms with E-state index in [0.717, 1.165) is 5.69 Å². The monoisotopic (exact) mass is 208 g/mol. The maximum absolute atomic E-state index is 4.99. The van der Waals surface area contributed by atoms with E-state index >= 15 is 0 Å². The van der Waals surface area contributed by atoms with Crippen LogP contribution >= 0.6 is 12.2 Å². The van der Waals surface area contributed by atoms with Crippen molar-refractivity contribution in [2.45, 2.75) is 0 Å². The highest BCUT2D eigenvalue weighted by Gasteiger charge is 1.93. The Kier molecular flexibility index (Phi) is 4.00. The van der Waals surface area contributed by atoms with Crippen LogP contribution in [0.15, 0.2) is 29.5 Å². The van der Waals surface area contributed by atoms with Crippen molar-refractivity contribution < 1.29 is 0 Å². The molecule has 0 bridgehead atoms. The third-order valence-corrected chi connectivity index (χ3v) is 1.53. The summed E-state index contributed by atoms with van der Waals surface area (Å²) in [5, 5.41) is 3.36. The van der Waals surface area contributed by atoms with E-state index in [2.05, 4.69) is 15.3 Å². The van der Waals surface area contributed by atoms with Crippen LogP contribution < -0.4 is 5.32 Å². The van der Waals surface area contributed by atoms with E-state index in [4.69, 9.17) is 12.2 Å². The average Bonchev–Trinajstić information content (AvgIpc) is 2.16. The van der Waals surface area contributed by atoms with Crippen LogP contribution in [0.5, 0.6) is 0 Å². The van der Waals surface area contributed by atoms with Gasteiger partial charge in [0.25, 0.3) is 0 Å². The predicted molar refractivity (Wildman–Crippen MR) is 62.6 cm³/mol. The molecule has 0 aliphatic heterocycles. The van der Waals surface area contributed by atoms with Crippen LogP contribution in [0.25, 0.3) is 0 Å². The van der Waals surface area contributed by atoms with Gasteiger partial charge >= 0.3 is 0 Å². The average molecular weight is 208 g/mol. The van der Waals surface area contributed by atoms with E-state index in [1.807, 2.05) is 31.1 Å². The second-order valence-electron chi connectivity index (χ2n) is 2.88. The summed E-state index contributed by atoms with van der Waals surface area (Å²) in [5.41, 5.74) is 0.841. The van der Waals surface area contributed by atoms with Gasteiger partial charge in [0.05, 0.1) is 18.2 Å². The minimum atomic E-state index is 0.423. The molecule has 0 unspecified atom stereocenters. The third-order valence-electron chi connectivity index (χ3n) is 1.32. The Labute approximate surface area is 88.7 Å². The van der Waals surface area contributed by atoms with Gasteiger partial charge in [0.1, 0.15) is 0 Å². The fraction of sp³-hybridized carbons (Fsp3) is 0.222. The SMILES string of the molecule is CN(C)/C=N/C(=S)Nc1cccnc1. The molecule has 1 N–H and O–H groups in total. The van der Waals surface area contributed by atoms with Gasteiger partial charge in [0.2, 0.25) is 0 Å². The molecule has 1 heterocycles. The summed E-state index contributed by atoms with van der Waals surface area (Å²) in [6, 6.07) is 3.71. The molecule has 5 heteroatoms. The standard InChI is InChI=1S/C9H12N4S/c1-13(2)7-11-9(14)12-8-4-3-5-10-6-8/h3-7H,1-2H3,(H,12,14)/b11-7+. The Balaban J connectivity index is 2.50. The van der Waals surface area contributed by atoms with Crippen molar-refractivity contribution in [2.24, 2.45) is 4.99 Å². The zero-order chi connectivity index (χ0) is 10.4. The molecule has 0 radical (unpaired) electrons. The number of aromatic nitrogens is 1. The Morgan fingerprint density at radius 1 is 1.64 bits per heavy atom. The fourth-order valence-electron chi connectivity index (χ4n) is 0.760. The highest BCUT2D eigenvalue weighted by atomic mass is 32.1. The van der Waals surface area contributed by atoms with Crippen LogP contribution in [0.3, 0.4) is 0 Å². The summed E-state index contributed by atoms with van der Waals surface area (Å²) in [6.45, 7) is 0. The lowest BCUT2D eigenvalue weighted by atomic mass is 10.4. The summed E-state index contributed by atoms with van der Waals surface area (Å²) < 4.78 is 0.